The van der Waals surface area contributed by atoms with Gasteiger partial charge in [0.15, 0.2) is 5.69 Å². The van der Waals surface area contributed by atoms with Crippen molar-refractivity contribution in [2.24, 2.45) is 0 Å². The number of para-hydroxylation sites is 1. The van der Waals surface area contributed by atoms with Gasteiger partial charge in [-0.05, 0) is 36.0 Å². The number of carbonyl (C=O) groups excluding carboxylic acids is 1. The number of amides is 1. The van der Waals surface area contributed by atoms with Crippen LogP contribution in [0.5, 0.6) is 0 Å². The van der Waals surface area contributed by atoms with Crippen LogP contribution in [0.2, 0.25) is 0 Å². The standard InChI is InChI=1S/C13H10F3N3OS/c14-13(15,16)21-10-6-2-1-5-9(10)19-12(20)11-8(17)4-3-7-18-11/h1-7H,17H2,(H,19,20). The van der Waals surface area contributed by atoms with Gasteiger partial charge >= 0.3 is 5.51 Å². The average Bonchev–Trinajstić information content (AvgIpc) is 2.40. The molecule has 0 saturated carbocycles. The van der Waals surface area contributed by atoms with Crippen molar-refractivity contribution in [3.05, 3.63) is 48.3 Å². The summed E-state index contributed by atoms with van der Waals surface area (Å²) in [6.45, 7) is 0. The molecule has 110 valence electrons. The molecule has 1 aromatic heterocycles. The zero-order valence-electron chi connectivity index (χ0n) is 10.5. The summed E-state index contributed by atoms with van der Waals surface area (Å²) in [6, 6.07) is 8.68. The summed E-state index contributed by atoms with van der Waals surface area (Å²) in [5, 5.41) is 2.39. The molecule has 0 saturated heterocycles. The van der Waals surface area contributed by atoms with Crippen molar-refractivity contribution in [3.8, 4) is 0 Å². The molecule has 8 heteroatoms. The van der Waals surface area contributed by atoms with Crippen molar-refractivity contribution in [2.75, 3.05) is 11.1 Å². The number of nitrogens with zero attached hydrogens (tertiary/aromatic N) is 1. The number of pyridine rings is 1. The van der Waals surface area contributed by atoms with Gasteiger partial charge in [-0.2, -0.15) is 13.2 Å². The van der Waals surface area contributed by atoms with Crippen molar-refractivity contribution in [1.82, 2.24) is 4.98 Å². The Kier molecular flexibility index (Phi) is 4.37. The Hall–Kier alpha value is -2.22. The van der Waals surface area contributed by atoms with Crippen LogP contribution in [0.3, 0.4) is 0 Å². The van der Waals surface area contributed by atoms with Crippen molar-refractivity contribution in [3.63, 3.8) is 0 Å². The van der Waals surface area contributed by atoms with Gasteiger partial charge in [0, 0.05) is 11.1 Å². The Morgan fingerprint density at radius 3 is 2.57 bits per heavy atom. The van der Waals surface area contributed by atoms with Gasteiger partial charge < -0.3 is 11.1 Å². The number of alkyl halides is 3. The lowest BCUT2D eigenvalue weighted by atomic mass is 10.2. The molecule has 0 radical (unpaired) electrons. The molecule has 0 fully saturated rings. The number of nitrogen functional groups attached to an aromatic ring is 1. The Labute approximate surface area is 122 Å². The van der Waals surface area contributed by atoms with Gasteiger partial charge in [0.25, 0.3) is 5.91 Å². The summed E-state index contributed by atoms with van der Waals surface area (Å²) in [7, 11) is 0. The van der Waals surface area contributed by atoms with Gasteiger partial charge in [0.1, 0.15) is 0 Å². The third-order valence-electron chi connectivity index (χ3n) is 2.41. The quantitative estimate of drug-likeness (QED) is 0.851. The lowest BCUT2D eigenvalue weighted by Crippen LogP contribution is -2.16. The van der Waals surface area contributed by atoms with E-state index in [9.17, 15) is 18.0 Å². The van der Waals surface area contributed by atoms with E-state index < -0.39 is 11.4 Å². The number of carbonyl (C=O) groups is 1. The van der Waals surface area contributed by atoms with Crippen LogP contribution in [-0.2, 0) is 0 Å². The molecule has 0 unspecified atom stereocenters. The van der Waals surface area contributed by atoms with Crippen LogP contribution in [0, 0.1) is 0 Å². The van der Waals surface area contributed by atoms with Gasteiger partial charge in [-0.3, -0.25) is 4.79 Å². The van der Waals surface area contributed by atoms with Gasteiger partial charge in [0.2, 0.25) is 0 Å². The summed E-state index contributed by atoms with van der Waals surface area (Å²) >= 11 is -0.298. The predicted octanol–water partition coefficient (Wildman–Crippen LogP) is 3.53. The fourth-order valence-electron chi connectivity index (χ4n) is 1.57. The van der Waals surface area contributed by atoms with E-state index in [1.54, 1.807) is 6.07 Å². The molecule has 0 bridgehead atoms. The lowest BCUT2D eigenvalue weighted by Gasteiger charge is -2.12. The monoisotopic (exact) mass is 313 g/mol. The summed E-state index contributed by atoms with van der Waals surface area (Å²) in [5.41, 5.74) is 1.33. The topological polar surface area (TPSA) is 68.0 Å². The molecular formula is C13H10F3N3OS. The summed E-state index contributed by atoms with van der Waals surface area (Å²) in [4.78, 5) is 15.7. The second-order valence-electron chi connectivity index (χ2n) is 3.94. The van der Waals surface area contributed by atoms with Crippen LogP contribution in [-0.4, -0.2) is 16.4 Å². The smallest absolute Gasteiger partial charge is 0.397 e. The summed E-state index contributed by atoms with van der Waals surface area (Å²) in [5.74, 6) is -0.664. The van der Waals surface area contributed by atoms with E-state index in [4.69, 9.17) is 5.73 Å². The van der Waals surface area contributed by atoms with E-state index in [0.717, 1.165) is 0 Å². The highest BCUT2D eigenvalue weighted by Crippen LogP contribution is 2.40. The molecule has 3 N–H and O–H groups in total. The molecule has 4 nitrogen and oxygen atoms in total. The molecule has 1 heterocycles. The molecule has 0 spiro atoms. The Bertz CT molecular complexity index is 661. The van der Waals surface area contributed by atoms with Crippen molar-refractivity contribution < 1.29 is 18.0 Å². The van der Waals surface area contributed by atoms with E-state index in [2.05, 4.69) is 10.3 Å². The van der Waals surface area contributed by atoms with Gasteiger partial charge in [-0.25, -0.2) is 4.98 Å². The number of halogens is 3. The maximum atomic E-state index is 12.5. The third-order valence-corrected chi connectivity index (χ3v) is 3.22. The first kappa shape index (κ1) is 15.2. The summed E-state index contributed by atoms with van der Waals surface area (Å²) < 4.78 is 37.4. The second kappa shape index (κ2) is 6.04. The fraction of sp³-hybridized carbons (Fsp3) is 0.0769. The van der Waals surface area contributed by atoms with Crippen LogP contribution >= 0.6 is 11.8 Å². The molecule has 0 atom stereocenters. The maximum Gasteiger partial charge on any atom is 0.446 e. The molecule has 2 rings (SSSR count). The first-order chi connectivity index (χ1) is 9.87. The van der Waals surface area contributed by atoms with E-state index in [1.165, 1.54) is 36.5 Å². The number of nitrogens with two attached hydrogens (primary N) is 1. The molecule has 21 heavy (non-hydrogen) atoms. The minimum absolute atomic E-state index is 0.0377. The second-order valence-corrected chi connectivity index (χ2v) is 5.05. The minimum Gasteiger partial charge on any atom is -0.397 e. The number of hydrogen-bond donors (Lipinski definition) is 2. The zero-order valence-corrected chi connectivity index (χ0v) is 11.3. The van der Waals surface area contributed by atoms with E-state index in [-0.39, 0.29) is 33.7 Å². The number of anilines is 2. The SMILES string of the molecule is Nc1cccnc1C(=O)Nc1ccccc1SC(F)(F)F. The zero-order chi connectivity index (χ0) is 15.5. The number of hydrogen-bond acceptors (Lipinski definition) is 4. The molecule has 0 aliphatic carbocycles. The minimum atomic E-state index is -4.44. The maximum absolute atomic E-state index is 12.5. The van der Waals surface area contributed by atoms with Gasteiger partial charge in [-0.1, -0.05) is 12.1 Å². The number of rotatable bonds is 3. The first-order valence-electron chi connectivity index (χ1n) is 5.73. The fourth-order valence-corrected chi connectivity index (χ4v) is 2.20. The van der Waals surface area contributed by atoms with E-state index in [1.807, 2.05) is 0 Å². The third kappa shape index (κ3) is 4.12. The molecule has 1 aromatic carbocycles. The van der Waals surface area contributed by atoms with Crippen molar-refractivity contribution >= 4 is 29.0 Å². The van der Waals surface area contributed by atoms with Crippen LogP contribution < -0.4 is 11.1 Å². The molecule has 1 amide bonds. The highest BCUT2D eigenvalue weighted by Gasteiger charge is 2.30. The first-order valence-corrected chi connectivity index (χ1v) is 6.55. The highest BCUT2D eigenvalue weighted by atomic mass is 32.2. The Balaban J connectivity index is 2.24. The highest BCUT2D eigenvalue weighted by molar-refractivity contribution is 8.00. The predicted molar refractivity (Wildman–Crippen MR) is 75.0 cm³/mol. The van der Waals surface area contributed by atoms with Crippen molar-refractivity contribution in [2.45, 2.75) is 10.4 Å². The number of nitrogens with one attached hydrogen (secondary N) is 1. The van der Waals surface area contributed by atoms with Crippen LogP contribution in [0.25, 0.3) is 0 Å². The number of benzene rings is 1. The molecule has 0 aliphatic rings. The average molecular weight is 313 g/mol. The molecule has 2 aromatic rings. The Morgan fingerprint density at radius 1 is 1.19 bits per heavy atom. The lowest BCUT2D eigenvalue weighted by molar-refractivity contribution is -0.0328. The number of thioether (sulfide) groups is 1. The molecule has 0 aliphatic heterocycles. The van der Waals surface area contributed by atoms with Gasteiger partial charge in [-0.15, -0.1) is 0 Å². The normalized spacial score (nSPS) is 11.2. The van der Waals surface area contributed by atoms with E-state index in [0.29, 0.717) is 0 Å². The summed E-state index contributed by atoms with van der Waals surface area (Å²) in [6.07, 6.45) is 1.38. The van der Waals surface area contributed by atoms with Gasteiger partial charge in [0.05, 0.1) is 11.4 Å². The van der Waals surface area contributed by atoms with Crippen molar-refractivity contribution in [1.29, 1.82) is 0 Å². The van der Waals surface area contributed by atoms with Crippen LogP contribution in [0.1, 0.15) is 10.5 Å². The molecular weight excluding hydrogens is 303 g/mol. The van der Waals surface area contributed by atoms with Crippen LogP contribution in [0.15, 0.2) is 47.5 Å². The largest absolute Gasteiger partial charge is 0.446 e. The van der Waals surface area contributed by atoms with Crippen LogP contribution in [0.4, 0.5) is 24.5 Å². The Morgan fingerprint density at radius 2 is 1.90 bits per heavy atom. The van der Waals surface area contributed by atoms with E-state index >= 15 is 0 Å². The number of aromatic nitrogens is 1.